The minimum absolute atomic E-state index is 0.395. The van der Waals surface area contributed by atoms with E-state index < -0.39 is 28.8 Å². The van der Waals surface area contributed by atoms with Crippen LogP contribution in [0.15, 0.2) is 41.3 Å². The molecule has 20 heavy (non-hydrogen) atoms. The maximum absolute atomic E-state index is 13.7. The fraction of sp³-hybridized carbons (Fsp3) is 0.0714. The molecule has 3 N–H and O–H groups in total. The molecule has 3 nitrogen and oxygen atoms in total. The topological polar surface area (TPSA) is 55.1 Å². The zero-order chi connectivity index (χ0) is 14.7. The van der Waals surface area contributed by atoms with Crippen LogP contribution in [0.2, 0.25) is 0 Å². The molecule has 0 saturated heterocycles. The summed E-state index contributed by atoms with van der Waals surface area (Å²) in [5.41, 5.74) is 4.97. The Balaban J connectivity index is 2.23. The van der Waals surface area contributed by atoms with Gasteiger partial charge in [0.15, 0.2) is 5.82 Å². The number of nitrogen functional groups attached to an aromatic ring is 1. The van der Waals surface area contributed by atoms with E-state index in [1.165, 1.54) is 0 Å². The van der Waals surface area contributed by atoms with Gasteiger partial charge in [0.05, 0.1) is 11.3 Å². The summed E-state index contributed by atoms with van der Waals surface area (Å²) in [6.45, 7) is 0. The molecule has 0 atom stereocenters. The third-order valence-corrected chi connectivity index (χ3v) is 3.40. The maximum Gasteiger partial charge on any atom is 0.258 e. The number of carbonyl (C=O) groups is 1. The SMILES string of the molecule is CSc1ccc(NC(=O)c2cc(F)cc(N)c2F)cc1. The van der Waals surface area contributed by atoms with Crippen molar-refractivity contribution in [2.24, 2.45) is 0 Å². The third kappa shape index (κ3) is 3.08. The molecule has 6 heteroatoms. The van der Waals surface area contributed by atoms with Gasteiger partial charge < -0.3 is 11.1 Å². The van der Waals surface area contributed by atoms with Crippen LogP contribution in [0.4, 0.5) is 20.2 Å². The van der Waals surface area contributed by atoms with Crippen molar-refractivity contribution in [1.82, 2.24) is 0 Å². The summed E-state index contributed by atoms with van der Waals surface area (Å²) < 4.78 is 26.9. The average Bonchev–Trinajstić information content (AvgIpc) is 2.43. The molecule has 0 radical (unpaired) electrons. The number of carbonyl (C=O) groups excluding carboxylic acids is 1. The number of thioether (sulfide) groups is 1. The van der Waals surface area contributed by atoms with E-state index in [4.69, 9.17) is 5.73 Å². The van der Waals surface area contributed by atoms with Gasteiger partial charge in [-0.25, -0.2) is 8.78 Å². The Kier molecular flexibility index (Phi) is 4.24. The van der Waals surface area contributed by atoms with Crippen molar-refractivity contribution in [1.29, 1.82) is 0 Å². The first kappa shape index (κ1) is 14.3. The van der Waals surface area contributed by atoms with Crippen LogP contribution >= 0.6 is 11.8 Å². The van der Waals surface area contributed by atoms with E-state index in [0.717, 1.165) is 17.0 Å². The van der Waals surface area contributed by atoms with Crippen LogP contribution in [0.25, 0.3) is 0 Å². The molecular formula is C14H12F2N2OS. The van der Waals surface area contributed by atoms with Crippen LogP contribution in [0.3, 0.4) is 0 Å². The standard InChI is InChI=1S/C14H12F2N2OS/c1-20-10-4-2-9(3-5-10)18-14(19)11-6-8(15)7-12(17)13(11)16/h2-7H,17H2,1H3,(H,18,19). The minimum atomic E-state index is -0.926. The van der Waals surface area contributed by atoms with Gasteiger partial charge in [-0.2, -0.15) is 0 Å². The first-order valence-electron chi connectivity index (χ1n) is 5.71. The fourth-order valence-electron chi connectivity index (χ4n) is 1.65. The second-order valence-corrected chi connectivity index (χ2v) is 4.92. The Morgan fingerprint density at radius 3 is 2.45 bits per heavy atom. The van der Waals surface area contributed by atoms with Gasteiger partial charge >= 0.3 is 0 Å². The lowest BCUT2D eigenvalue weighted by Crippen LogP contribution is -2.15. The molecule has 104 valence electrons. The predicted octanol–water partition coefficient (Wildman–Crippen LogP) is 3.52. The molecule has 0 spiro atoms. The monoisotopic (exact) mass is 294 g/mol. The van der Waals surface area contributed by atoms with Crippen LogP contribution < -0.4 is 11.1 Å². The van der Waals surface area contributed by atoms with E-state index in [0.29, 0.717) is 5.69 Å². The molecule has 2 aromatic rings. The van der Waals surface area contributed by atoms with Crippen LogP contribution in [0, 0.1) is 11.6 Å². The van der Waals surface area contributed by atoms with E-state index in [9.17, 15) is 13.6 Å². The summed E-state index contributed by atoms with van der Waals surface area (Å²) in [6.07, 6.45) is 1.93. The Labute approximate surface area is 119 Å². The number of nitrogens with two attached hydrogens (primary N) is 1. The predicted molar refractivity (Wildman–Crippen MR) is 76.9 cm³/mol. The van der Waals surface area contributed by atoms with Gasteiger partial charge in [-0.15, -0.1) is 11.8 Å². The minimum Gasteiger partial charge on any atom is -0.396 e. The highest BCUT2D eigenvalue weighted by molar-refractivity contribution is 7.98. The van der Waals surface area contributed by atoms with Gasteiger partial charge in [-0.1, -0.05) is 0 Å². The van der Waals surface area contributed by atoms with E-state index in [1.54, 1.807) is 23.9 Å². The van der Waals surface area contributed by atoms with Gasteiger partial charge in [0.25, 0.3) is 5.91 Å². The highest BCUT2D eigenvalue weighted by Gasteiger charge is 2.16. The molecule has 2 rings (SSSR count). The number of benzene rings is 2. The number of anilines is 2. The van der Waals surface area contributed by atoms with E-state index in [1.807, 2.05) is 18.4 Å². The molecule has 0 aliphatic rings. The van der Waals surface area contributed by atoms with Crippen LogP contribution in [-0.4, -0.2) is 12.2 Å². The van der Waals surface area contributed by atoms with Gasteiger partial charge in [-0.3, -0.25) is 4.79 Å². The van der Waals surface area contributed by atoms with Crippen LogP contribution in [0.5, 0.6) is 0 Å². The maximum atomic E-state index is 13.7. The number of nitrogens with one attached hydrogen (secondary N) is 1. The van der Waals surface area contributed by atoms with Crippen molar-refractivity contribution in [3.8, 4) is 0 Å². The zero-order valence-corrected chi connectivity index (χ0v) is 11.4. The summed E-state index contributed by atoms with van der Waals surface area (Å²) in [4.78, 5) is 12.9. The second kappa shape index (κ2) is 5.92. The number of amides is 1. The van der Waals surface area contributed by atoms with E-state index in [2.05, 4.69) is 5.32 Å². The molecule has 0 bridgehead atoms. The van der Waals surface area contributed by atoms with Gasteiger partial charge in [-0.05, 0) is 42.7 Å². The normalized spacial score (nSPS) is 10.3. The van der Waals surface area contributed by atoms with Crippen molar-refractivity contribution >= 4 is 29.0 Å². The largest absolute Gasteiger partial charge is 0.396 e. The fourth-order valence-corrected chi connectivity index (χ4v) is 2.06. The zero-order valence-electron chi connectivity index (χ0n) is 10.6. The molecule has 0 saturated carbocycles. The molecule has 0 unspecified atom stereocenters. The summed E-state index contributed by atoms with van der Waals surface area (Å²) in [6, 6.07) is 8.65. The van der Waals surface area contributed by atoms with Crippen LogP contribution in [0.1, 0.15) is 10.4 Å². The first-order valence-corrected chi connectivity index (χ1v) is 6.93. The lowest BCUT2D eigenvalue weighted by Gasteiger charge is -2.08. The number of halogens is 2. The summed E-state index contributed by atoms with van der Waals surface area (Å²) in [7, 11) is 0. The molecule has 0 fully saturated rings. The Morgan fingerprint density at radius 2 is 1.85 bits per heavy atom. The lowest BCUT2D eigenvalue weighted by molar-refractivity contribution is 0.102. The van der Waals surface area contributed by atoms with Gasteiger partial charge in [0, 0.05) is 10.6 Å². The molecule has 0 aromatic heterocycles. The van der Waals surface area contributed by atoms with Crippen molar-refractivity contribution in [3.05, 3.63) is 53.6 Å². The first-order chi connectivity index (χ1) is 9.51. The van der Waals surface area contributed by atoms with Gasteiger partial charge in [0.1, 0.15) is 5.82 Å². The number of rotatable bonds is 3. The van der Waals surface area contributed by atoms with Crippen molar-refractivity contribution in [3.63, 3.8) is 0 Å². The van der Waals surface area contributed by atoms with Crippen molar-refractivity contribution in [2.75, 3.05) is 17.3 Å². The lowest BCUT2D eigenvalue weighted by atomic mass is 10.1. The summed E-state index contributed by atoms with van der Waals surface area (Å²) in [5.74, 6) is -2.43. The highest BCUT2D eigenvalue weighted by Crippen LogP contribution is 2.21. The van der Waals surface area contributed by atoms with Crippen molar-refractivity contribution < 1.29 is 13.6 Å². The smallest absolute Gasteiger partial charge is 0.258 e. The summed E-state index contributed by atoms with van der Waals surface area (Å²) in [5, 5.41) is 2.49. The second-order valence-electron chi connectivity index (χ2n) is 4.04. The third-order valence-electron chi connectivity index (χ3n) is 2.66. The molecule has 0 heterocycles. The summed E-state index contributed by atoms with van der Waals surface area (Å²) >= 11 is 1.56. The van der Waals surface area contributed by atoms with Gasteiger partial charge in [0.2, 0.25) is 0 Å². The van der Waals surface area contributed by atoms with E-state index in [-0.39, 0.29) is 0 Å². The average molecular weight is 294 g/mol. The Bertz CT molecular complexity index is 644. The molecule has 2 aromatic carbocycles. The molecule has 0 aliphatic heterocycles. The molecule has 1 amide bonds. The van der Waals surface area contributed by atoms with E-state index >= 15 is 0 Å². The Hall–Kier alpha value is -2.08. The Morgan fingerprint density at radius 1 is 1.20 bits per heavy atom. The van der Waals surface area contributed by atoms with Crippen LogP contribution in [-0.2, 0) is 0 Å². The molecule has 0 aliphatic carbocycles. The quantitative estimate of drug-likeness (QED) is 0.672. The number of hydrogen-bond acceptors (Lipinski definition) is 3. The highest BCUT2D eigenvalue weighted by atomic mass is 32.2. The molecular weight excluding hydrogens is 282 g/mol. The number of hydrogen-bond donors (Lipinski definition) is 2. The van der Waals surface area contributed by atoms with Crippen molar-refractivity contribution in [2.45, 2.75) is 4.90 Å².